The molecule has 106 valence electrons. The Balaban J connectivity index is 2.16. The molecule has 0 spiro atoms. The van der Waals surface area contributed by atoms with Crippen molar-refractivity contribution < 1.29 is 13.2 Å². The fourth-order valence-corrected chi connectivity index (χ4v) is 2.21. The predicted octanol–water partition coefficient (Wildman–Crippen LogP) is 3.95. The molecule has 0 atom stereocenters. The van der Waals surface area contributed by atoms with Gasteiger partial charge in [0.15, 0.2) is 0 Å². The quantitative estimate of drug-likeness (QED) is 0.640. The van der Waals surface area contributed by atoms with Crippen LogP contribution in [0.4, 0.5) is 24.1 Å². The number of aromatic nitrogens is 1. The fraction of sp³-hybridized carbons (Fsp3) is 0.0909. The molecular weight excluding hydrogens is 357 g/mol. The van der Waals surface area contributed by atoms with Crippen LogP contribution in [-0.2, 0) is 6.18 Å². The number of nitrogens with one attached hydrogen (secondary N) is 1. The van der Waals surface area contributed by atoms with Crippen molar-refractivity contribution >= 4 is 44.4 Å². The van der Waals surface area contributed by atoms with Crippen molar-refractivity contribution in [2.24, 2.45) is 5.10 Å². The van der Waals surface area contributed by atoms with Crippen LogP contribution in [0.3, 0.4) is 0 Å². The second-order valence-electron chi connectivity index (χ2n) is 3.68. The lowest BCUT2D eigenvalue weighted by atomic mass is 10.1. The maximum absolute atomic E-state index is 12.6. The number of benzene rings is 1. The van der Waals surface area contributed by atoms with Crippen LogP contribution in [-0.4, -0.2) is 11.2 Å². The molecule has 2 aromatic rings. The minimum atomic E-state index is -4.39. The molecule has 1 aromatic carbocycles. The highest BCUT2D eigenvalue weighted by Crippen LogP contribution is 2.31. The highest BCUT2D eigenvalue weighted by Gasteiger charge is 2.30. The van der Waals surface area contributed by atoms with Crippen LogP contribution in [0.15, 0.2) is 33.2 Å². The van der Waals surface area contributed by atoms with Crippen LogP contribution in [0.1, 0.15) is 11.1 Å². The fourth-order valence-electron chi connectivity index (χ4n) is 1.31. The van der Waals surface area contributed by atoms with E-state index in [-0.39, 0.29) is 0 Å². The third-order valence-corrected chi connectivity index (χ3v) is 3.70. The van der Waals surface area contributed by atoms with Gasteiger partial charge in [0.1, 0.15) is 5.82 Å². The van der Waals surface area contributed by atoms with Crippen molar-refractivity contribution in [1.82, 2.24) is 4.98 Å². The molecule has 0 saturated heterocycles. The zero-order valence-corrected chi connectivity index (χ0v) is 12.2. The molecule has 1 heterocycles. The molecule has 1 aromatic heterocycles. The summed E-state index contributed by atoms with van der Waals surface area (Å²) in [6.07, 6.45) is -3.11. The molecule has 0 unspecified atom stereocenters. The van der Waals surface area contributed by atoms with Gasteiger partial charge in [-0.3, -0.25) is 5.43 Å². The van der Waals surface area contributed by atoms with E-state index in [1.807, 2.05) is 0 Å². The maximum atomic E-state index is 12.6. The van der Waals surface area contributed by atoms with Crippen LogP contribution in [0, 0.1) is 0 Å². The number of hydrogen-bond donors (Lipinski definition) is 2. The first-order valence-electron chi connectivity index (χ1n) is 5.23. The minimum Gasteiger partial charge on any atom is -0.383 e. The van der Waals surface area contributed by atoms with Gasteiger partial charge in [0.25, 0.3) is 0 Å². The first-order valence-corrected chi connectivity index (χ1v) is 6.90. The lowest BCUT2D eigenvalue weighted by Crippen LogP contribution is -2.05. The third kappa shape index (κ3) is 3.70. The number of hydrogen-bond acceptors (Lipinski definition) is 5. The van der Waals surface area contributed by atoms with Gasteiger partial charge in [0.05, 0.1) is 11.8 Å². The molecule has 0 fully saturated rings. The zero-order valence-electron chi connectivity index (χ0n) is 9.78. The van der Waals surface area contributed by atoms with Gasteiger partial charge in [-0.25, -0.2) is 4.98 Å². The van der Waals surface area contributed by atoms with Crippen LogP contribution in [0.25, 0.3) is 0 Å². The molecule has 0 radical (unpaired) electrons. The summed E-state index contributed by atoms with van der Waals surface area (Å²) in [4.78, 5) is 3.90. The molecular formula is C11H8BrF3N4S. The summed E-state index contributed by atoms with van der Waals surface area (Å²) < 4.78 is 38.3. The van der Waals surface area contributed by atoms with Gasteiger partial charge in [0, 0.05) is 15.4 Å². The number of rotatable bonds is 3. The average Bonchev–Trinajstić information content (AvgIpc) is 2.76. The Morgan fingerprint density at radius 1 is 1.40 bits per heavy atom. The Morgan fingerprint density at radius 3 is 2.75 bits per heavy atom. The van der Waals surface area contributed by atoms with E-state index < -0.39 is 11.7 Å². The number of alkyl halides is 3. The van der Waals surface area contributed by atoms with Crippen molar-refractivity contribution in [1.29, 1.82) is 0 Å². The summed E-state index contributed by atoms with van der Waals surface area (Å²) in [6, 6.07) is 3.33. The van der Waals surface area contributed by atoms with E-state index in [1.54, 1.807) is 5.38 Å². The SMILES string of the molecule is Nc1csc(NN=Cc2cc(C(F)(F)F)ccc2Br)n1. The molecule has 0 aliphatic rings. The topological polar surface area (TPSA) is 63.3 Å². The smallest absolute Gasteiger partial charge is 0.383 e. The minimum absolute atomic E-state index is 0.303. The summed E-state index contributed by atoms with van der Waals surface area (Å²) in [5.41, 5.74) is 7.59. The number of anilines is 2. The van der Waals surface area contributed by atoms with E-state index in [9.17, 15) is 13.2 Å². The molecule has 9 heteroatoms. The monoisotopic (exact) mass is 364 g/mol. The van der Waals surface area contributed by atoms with Crippen molar-refractivity contribution in [2.45, 2.75) is 6.18 Å². The molecule has 3 N–H and O–H groups in total. The van der Waals surface area contributed by atoms with E-state index in [4.69, 9.17) is 5.73 Å². The van der Waals surface area contributed by atoms with E-state index in [2.05, 4.69) is 31.4 Å². The third-order valence-electron chi connectivity index (χ3n) is 2.21. The number of hydrazone groups is 1. The van der Waals surface area contributed by atoms with Crippen molar-refractivity contribution in [2.75, 3.05) is 11.2 Å². The standard InChI is InChI=1S/C11H8BrF3N4S/c12-8-2-1-7(11(13,14)15)3-6(8)4-17-19-10-18-9(16)5-20-10/h1-5H,16H2,(H,18,19). The van der Waals surface area contributed by atoms with Gasteiger partial charge in [-0.2, -0.15) is 18.3 Å². The zero-order chi connectivity index (χ0) is 14.8. The van der Waals surface area contributed by atoms with E-state index in [1.165, 1.54) is 23.6 Å². The van der Waals surface area contributed by atoms with Crippen LogP contribution < -0.4 is 11.2 Å². The summed E-state index contributed by atoms with van der Waals surface area (Å²) in [6.45, 7) is 0. The molecule has 0 aliphatic heterocycles. The summed E-state index contributed by atoms with van der Waals surface area (Å²) >= 11 is 4.41. The summed E-state index contributed by atoms with van der Waals surface area (Å²) in [7, 11) is 0. The first-order chi connectivity index (χ1) is 9.36. The van der Waals surface area contributed by atoms with Gasteiger partial charge < -0.3 is 5.73 Å². The van der Waals surface area contributed by atoms with Crippen LogP contribution in [0.2, 0.25) is 0 Å². The number of halogens is 4. The molecule has 20 heavy (non-hydrogen) atoms. The van der Waals surface area contributed by atoms with Crippen molar-refractivity contribution in [3.8, 4) is 0 Å². The molecule has 2 rings (SSSR count). The summed E-state index contributed by atoms with van der Waals surface area (Å²) in [5, 5.41) is 5.91. The van der Waals surface area contributed by atoms with Gasteiger partial charge in [-0.15, -0.1) is 11.3 Å². The molecule has 4 nitrogen and oxygen atoms in total. The van der Waals surface area contributed by atoms with Crippen LogP contribution in [0.5, 0.6) is 0 Å². The van der Waals surface area contributed by atoms with E-state index in [0.29, 0.717) is 21.0 Å². The number of nitrogens with two attached hydrogens (primary N) is 1. The van der Waals surface area contributed by atoms with Crippen molar-refractivity contribution in [3.63, 3.8) is 0 Å². The average molecular weight is 365 g/mol. The van der Waals surface area contributed by atoms with Gasteiger partial charge in [-0.1, -0.05) is 15.9 Å². The Kier molecular flexibility index (Phi) is 4.29. The second kappa shape index (κ2) is 5.80. The number of nitrogen functional groups attached to an aromatic ring is 1. The predicted molar refractivity (Wildman–Crippen MR) is 76.9 cm³/mol. The lowest BCUT2D eigenvalue weighted by molar-refractivity contribution is -0.137. The Morgan fingerprint density at radius 2 is 2.15 bits per heavy atom. The molecule has 0 amide bonds. The van der Waals surface area contributed by atoms with Gasteiger partial charge in [-0.05, 0) is 18.2 Å². The van der Waals surface area contributed by atoms with Crippen LogP contribution >= 0.6 is 27.3 Å². The van der Waals surface area contributed by atoms with Gasteiger partial charge >= 0.3 is 6.18 Å². The maximum Gasteiger partial charge on any atom is 0.416 e. The molecule has 0 bridgehead atoms. The first kappa shape index (κ1) is 14.8. The molecule has 0 saturated carbocycles. The normalized spacial score (nSPS) is 12.0. The highest BCUT2D eigenvalue weighted by molar-refractivity contribution is 9.10. The summed E-state index contributed by atoms with van der Waals surface area (Å²) in [5.74, 6) is 0.355. The van der Waals surface area contributed by atoms with Gasteiger partial charge in [0.2, 0.25) is 5.13 Å². The lowest BCUT2D eigenvalue weighted by Gasteiger charge is -2.08. The largest absolute Gasteiger partial charge is 0.416 e. The highest BCUT2D eigenvalue weighted by atomic mass is 79.9. The van der Waals surface area contributed by atoms with E-state index >= 15 is 0 Å². The Labute approximate surface area is 124 Å². The Bertz CT molecular complexity index is 639. The van der Waals surface area contributed by atoms with Crippen molar-refractivity contribution in [3.05, 3.63) is 39.2 Å². The number of thiazole rings is 1. The molecule has 0 aliphatic carbocycles. The van der Waals surface area contributed by atoms with E-state index in [0.717, 1.165) is 12.1 Å². The number of nitrogens with zero attached hydrogens (tertiary/aromatic N) is 2. The Hall–Kier alpha value is -1.61. The second-order valence-corrected chi connectivity index (χ2v) is 5.39.